The van der Waals surface area contributed by atoms with Crippen LogP contribution in [-0.2, 0) is 11.2 Å². The van der Waals surface area contributed by atoms with Crippen molar-refractivity contribution in [3.63, 3.8) is 0 Å². The monoisotopic (exact) mass is 337 g/mol. The van der Waals surface area contributed by atoms with Gasteiger partial charge >= 0.3 is 0 Å². The SMILES string of the molecule is O=C(/C=C/c1ccccc1)Nc1nnc(CCBr)s1. The van der Waals surface area contributed by atoms with Crippen LogP contribution >= 0.6 is 27.3 Å². The largest absolute Gasteiger partial charge is 0.297 e. The van der Waals surface area contributed by atoms with E-state index in [1.165, 1.54) is 17.4 Å². The summed E-state index contributed by atoms with van der Waals surface area (Å²) in [5, 5.41) is 12.8. The molecule has 0 aliphatic rings. The second-order valence-electron chi connectivity index (χ2n) is 3.67. The molecule has 0 aliphatic carbocycles. The van der Waals surface area contributed by atoms with Crippen LogP contribution in [0.15, 0.2) is 36.4 Å². The molecule has 0 radical (unpaired) electrons. The molecule has 0 spiro atoms. The Hall–Kier alpha value is -1.53. The minimum absolute atomic E-state index is 0.203. The Balaban J connectivity index is 1.92. The predicted octanol–water partition coefficient (Wildman–Crippen LogP) is 3.13. The normalized spacial score (nSPS) is 10.8. The summed E-state index contributed by atoms with van der Waals surface area (Å²) in [6, 6.07) is 9.65. The van der Waals surface area contributed by atoms with Gasteiger partial charge in [0.1, 0.15) is 5.01 Å². The van der Waals surface area contributed by atoms with Crippen molar-refractivity contribution in [3.8, 4) is 0 Å². The number of aromatic nitrogens is 2. The van der Waals surface area contributed by atoms with Crippen molar-refractivity contribution in [2.75, 3.05) is 10.6 Å². The van der Waals surface area contributed by atoms with Gasteiger partial charge in [-0.15, -0.1) is 10.2 Å². The molecule has 19 heavy (non-hydrogen) atoms. The molecular formula is C13H12BrN3OS. The minimum Gasteiger partial charge on any atom is -0.297 e. The Morgan fingerprint density at radius 1 is 1.32 bits per heavy atom. The number of nitrogens with one attached hydrogen (secondary N) is 1. The van der Waals surface area contributed by atoms with Crippen LogP contribution in [0.1, 0.15) is 10.6 Å². The number of aryl methyl sites for hydroxylation is 1. The topological polar surface area (TPSA) is 54.9 Å². The van der Waals surface area contributed by atoms with Crippen LogP contribution in [-0.4, -0.2) is 21.4 Å². The van der Waals surface area contributed by atoms with Crippen LogP contribution in [0.2, 0.25) is 0 Å². The van der Waals surface area contributed by atoms with E-state index < -0.39 is 0 Å². The zero-order valence-electron chi connectivity index (χ0n) is 10.0. The molecule has 0 atom stereocenters. The molecule has 0 aliphatic heterocycles. The fourth-order valence-corrected chi connectivity index (χ4v) is 2.75. The molecule has 1 aromatic heterocycles. The van der Waals surface area contributed by atoms with E-state index in [4.69, 9.17) is 0 Å². The predicted molar refractivity (Wildman–Crippen MR) is 81.5 cm³/mol. The maximum Gasteiger partial charge on any atom is 0.250 e. The smallest absolute Gasteiger partial charge is 0.250 e. The lowest BCUT2D eigenvalue weighted by Crippen LogP contribution is -2.07. The van der Waals surface area contributed by atoms with E-state index in [1.807, 2.05) is 30.3 Å². The zero-order chi connectivity index (χ0) is 13.5. The van der Waals surface area contributed by atoms with E-state index in [1.54, 1.807) is 6.08 Å². The molecule has 0 saturated carbocycles. The third kappa shape index (κ3) is 4.57. The zero-order valence-corrected chi connectivity index (χ0v) is 12.4. The van der Waals surface area contributed by atoms with Gasteiger partial charge in [0, 0.05) is 17.8 Å². The molecule has 1 amide bonds. The number of hydrogen-bond acceptors (Lipinski definition) is 4. The molecule has 6 heteroatoms. The number of alkyl halides is 1. The van der Waals surface area contributed by atoms with E-state index in [2.05, 4.69) is 31.4 Å². The lowest BCUT2D eigenvalue weighted by molar-refractivity contribution is -0.111. The fraction of sp³-hybridized carbons (Fsp3) is 0.154. The molecular weight excluding hydrogens is 326 g/mol. The Kier molecular flexibility index (Phi) is 5.23. The van der Waals surface area contributed by atoms with Gasteiger partial charge in [-0.05, 0) is 11.6 Å². The van der Waals surface area contributed by atoms with Crippen LogP contribution in [0, 0.1) is 0 Å². The van der Waals surface area contributed by atoms with Crippen molar-refractivity contribution < 1.29 is 4.79 Å². The highest BCUT2D eigenvalue weighted by molar-refractivity contribution is 9.09. The highest BCUT2D eigenvalue weighted by Gasteiger charge is 2.05. The first-order valence-electron chi connectivity index (χ1n) is 5.70. The van der Waals surface area contributed by atoms with E-state index >= 15 is 0 Å². The lowest BCUT2D eigenvalue weighted by Gasteiger charge is -1.94. The number of benzene rings is 1. The molecule has 0 fully saturated rings. The molecule has 0 unspecified atom stereocenters. The number of rotatable bonds is 5. The maximum atomic E-state index is 11.7. The summed E-state index contributed by atoms with van der Waals surface area (Å²) >= 11 is 4.73. The minimum atomic E-state index is -0.203. The summed E-state index contributed by atoms with van der Waals surface area (Å²) in [5.41, 5.74) is 0.981. The Labute approximate surface area is 123 Å². The van der Waals surface area contributed by atoms with E-state index in [0.29, 0.717) is 5.13 Å². The van der Waals surface area contributed by atoms with Crippen LogP contribution < -0.4 is 5.32 Å². The standard InChI is InChI=1S/C13H12BrN3OS/c14-9-8-12-16-17-13(19-12)15-11(18)7-6-10-4-2-1-3-5-10/h1-7H,8-9H2,(H,15,17,18)/b7-6+. The van der Waals surface area contributed by atoms with Crippen molar-refractivity contribution in [2.45, 2.75) is 6.42 Å². The molecule has 1 heterocycles. The van der Waals surface area contributed by atoms with Crippen LogP contribution in [0.3, 0.4) is 0 Å². The number of nitrogens with zero attached hydrogens (tertiary/aromatic N) is 2. The van der Waals surface area contributed by atoms with Gasteiger partial charge in [-0.2, -0.15) is 0 Å². The average molecular weight is 338 g/mol. The second kappa shape index (κ2) is 7.16. The van der Waals surface area contributed by atoms with Crippen LogP contribution in [0.4, 0.5) is 5.13 Å². The highest BCUT2D eigenvalue weighted by atomic mass is 79.9. The van der Waals surface area contributed by atoms with Gasteiger partial charge in [0.25, 0.3) is 0 Å². The summed E-state index contributed by atoms with van der Waals surface area (Å²) in [5.74, 6) is -0.203. The van der Waals surface area contributed by atoms with E-state index in [9.17, 15) is 4.79 Å². The molecule has 98 valence electrons. The molecule has 4 nitrogen and oxygen atoms in total. The molecule has 2 rings (SSSR count). The highest BCUT2D eigenvalue weighted by Crippen LogP contribution is 2.16. The molecule has 1 N–H and O–H groups in total. The van der Waals surface area contributed by atoms with Crippen molar-refractivity contribution in [2.24, 2.45) is 0 Å². The number of carbonyl (C=O) groups is 1. The lowest BCUT2D eigenvalue weighted by atomic mass is 10.2. The first-order chi connectivity index (χ1) is 9.28. The third-order valence-corrected chi connectivity index (χ3v) is 3.53. The first-order valence-corrected chi connectivity index (χ1v) is 7.64. The van der Waals surface area contributed by atoms with Crippen molar-refractivity contribution in [1.29, 1.82) is 0 Å². The molecule has 1 aromatic carbocycles. The van der Waals surface area contributed by atoms with Crippen LogP contribution in [0.5, 0.6) is 0 Å². The number of anilines is 1. The summed E-state index contributed by atoms with van der Waals surface area (Å²) in [7, 11) is 0. The quantitative estimate of drug-likeness (QED) is 0.673. The van der Waals surface area contributed by atoms with Gasteiger partial charge in [0.2, 0.25) is 11.0 Å². The van der Waals surface area contributed by atoms with Crippen molar-refractivity contribution in [1.82, 2.24) is 10.2 Å². The van der Waals surface area contributed by atoms with Gasteiger partial charge in [-0.3, -0.25) is 10.1 Å². The van der Waals surface area contributed by atoms with Crippen molar-refractivity contribution in [3.05, 3.63) is 47.0 Å². The maximum absolute atomic E-state index is 11.7. The van der Waals surface area contributed by atoms with Gasteiger partial charge in [-0.1, -0.05) is 57.6 Å². The number of carbonyl (C=O) groups excluding carboxylic acids is 1. The van der Waals surface area contributed by atoms with Crippen molar-refractivity contribution >= 4 is 44.4 Å². The second-order valence-corrected chi connectivity index (χ2v) is 5.53. The van der Waals surface area contributed by atoms with Gasteiger partial charge in [0.05, 0.1) is 0 Å². The fourth-order valence-electron chi connectivity index (χ4n) is 1.37. The Morgan fingerprint density at radius 2 is 2.11 bits per heavy atom. The summed E-state index contributed by atoms with van der Waals surface area (Å²) in [4.78, 5) is 11.7. The molecule has 0 saturated heterocycles. The first kappa shape index (κ1) is 13.9. The van der Waals surface area contributed by atoms with Gasteiger partial charge < -0.3 is 0 Å². The van der Waals surface area contributed by atoms with Gasteiger partial charge in [0.15, 0.2) is 0 Å². The number of halogens is 1. The van der Waals surface area contributed by atoms with E-state index in [-0.39, 0.29) is 5.91 Å². The third-order valence-electron chi connectivity index (χ3n) is 2.23. The van der Waals surface area contributed by atoms with E-state index in [0.717, 1.165) is 22.3 Å². The summed E-state index contributed by atoms with van der Waals surface area (Å²) in [6.45, 7) is 0. The molecule has 2 aromatic rings. The number of amides is 1. The Bertz CT molecular complexity index is 568. The number of hydrogen-bond donors (Lipinski definition) is 1. The summed E-state index contributed by atoms with van der Waals surface area (Å²) < 4.78 is 0. The van der Waals surface area contributed by atoms with Gasteiger partial charge in [-0.25, -0.2) is 0 Å². The molecule has 0 bridgehead atoms. The van der Waals surface area contributed by atoms with Crippen LogP contribution in [0.25, 0.3) is 6.08 Å². The summed E-state index contributed by atoms with van der Waals surface area (Å²) in [6.07, 6.45) is 4.06. The average Bonchev–Trinajstić information content (AvgIpc) is 2.85. The Morgan fingerprint density at radius 3 is 2.84 bits per heavy atom.